The number of phosphoric ester groups is 2. The molecule has 0 rings (SSSR count). The van der Waals surface area contributed by atoms with Gasteiger partial charge in [0, 0.05) is 25.7 Å². The summed E-state index contributed by atoms with van der Waals surface area (Å²) in [5.74, 6) is -0.621. The average Bonchev–Trinajstić information content (AvgIpc) is 3.72. The van der Waals surface area contributed by atoms with Crippen LogP contribution in [0.4, 0.5) is 0 Å². The van der Waals surface area contributed by atoms with E-state index in [4.69, 9.17) is 37.0 Å². The van der Waals surface area contributed by atoms with Crippen molar-refractivity contribution in [1.82, 2.24) is 0 Å². The Morgan fingerprint density at radius 3 is 0.854 bits per heavy atom. The van der Waals surface area contributed by atoms with Gasteiger partial charge in [-0.3, -0.25) is 37.3 Å². The Balaban J connectivity index is 5.23. The summed E-state index contributed by atoms with van der Waals surface area (Å²) in [6.45, 7) is 9.50. The van der Waals surface area contributed by atoms with Crippen LogP contribution >= 0.6 is 15.6 Å². The van der Waals surface area contributed by atoms with Gasteiger partial charge >= 0.3 is 39.5 Å². The lowest BCUT2D eigenvalue weighted by Gasteiger charge is -2.21. The molecule has 17 nitrogen and oxygen atoms in total. The molecule has 0 aromatic heterocycles. The molecule has 0 aliphatic heterocycles. The Morgan fingerprint density at radius 1 is 0.326 bits per heavy atom. The van der Waals surface area contributed by atoms with E-state index in [2.05, 4.69) is 41.5 Å². The van der Waals surface area contributed by atoms with Gasteiger partial charge < -0.3 is 33.8 Å². The summed E-state index contributed by atoms with van der Waals surface area (Å²) < 4.78 is 68.2. The smallest absolute Gasteiger partial charge is 0.462 e. The van der Waals surface area contributed by atoms with Crippen molar-refractivity contribution in [3.8, 4) is 0 Å². The molecule has 3 unspecified atom stereocenters. The highest BCUT2D eigenvalue weighted by atomic mass is 31.2. The second kappa shape index (κ2) is 62.2. The molecule has 0 aliphatic carbocycles. The Morgan fingerprint density at radius 2 is 0.573 bits per heavy atom. The zero-order chi connectivity index (χ0) is 65.7. The number of hydrogen-bond acceptors (Lipinski definition) is 15. The standard InChI is InChI=1S/C70H136O17P2/c1-7-10-12-14-16-18-19-20-21-22-23-24-30-36-42-48-54-69(74)86-65(58-81-68(73)53-47-41-35-29-26-25-28-33-39-45-51-63(6)9-3)60-84-88(76,77)82-56-64(71)57-83-89(78,79)85-61-66(59-80-67(72)52-46-40-34-27-17-15-13-11-8-2)87-70(75)55-49-43-37-31-32-38-44-50-62(4)5/h62-66,71H,7-61H2,1-6H3,(H,76,77)(H,78,79)/t63?,64-,65-,66-/m1/s1. The Hall–Kier alpha value is -1.94. The van der Waals surface area contributed by atoms with E-state index in [9.17, 15) is 43.2 Å². The van der Waals surface area contributed by atoms with Crippen LogP contribution in [0.3, 0.4) is 0 Å². The van der Waals surface area contributed by atoms with Crippen molar-refractivity contribution < 1.29 is 80.2 Å². The number of unbranched alkanes of at least 4 members (excludes halogenated alkanes) is 38. The Labute approximate surface area is 543 Å². The zero-order valence-electron chi connectivity index (χ0n) is 57.7. The number of carbonyl (C=O) groups excluding carboxylic acids is 4. The second-order valence-corrected chi connectivity index (χ2v) is 28.9. The van der Waals surface area contributed by atoms with E-state index in [-0.39, 0.29) is 25.7 Å². The molecule has 0 heterocycles. The fourth-order valence-corrected chi connectivity index (χ4v) is 12.1. The van der Waals surface area contributed by atoms with Crippen LogP contribution in [0.5, 0.6) is 0 Å². The maximum Gasteiger partial charge on any atom is 0.472 e. The molecular formula is C70H136O17P2. The van der Waals surface area contributed by atoms with Crippen LogP contribution in [0, 0.1) is 11.8 Å². The van der Waals surface area contributed by atoms with E-state index in [0.717, 1.165) is 95.8 Å². The fraction of sp³-hybridized carbons (Fsp3) is 0.943. The van der Waals surface area contributed by atoms with Gasteiger partial charge in [0.2, 0.25) is 0 Å². The zero-order valence-corrected chi connectivity index (χ0v) is 59.5. The first-order valence-corrected chi connectivity index (χ1v) is 39.5. The van der Waals surface area contributed by atoms with Crippen molar-refractivity contribution in [2.24, 2.45) is 11.8 Å². The molecule has 89 heavy (non-hydrogen) atoms. The molecular weight excluding hydrogens is 1170 g/mol. The second-order valence-electron chi connectivity index (χ2n) is 26.0. The largest absolute Gasteiger partial charge is 0.472 e. The number of carbonyl (C=O) groups is 4. The molecule has 0 amide bonds. The number of phosphoric acid groups is 2. The molecule has 0 aromatic rings. The summed E-state index contributed by atoms with van der Waals surface area (Å²) in [7, 11) is -9.90. The summed E-state index contributed by atoms with van der Waals surface area (Å²) in [6.07, 6.45) is 47.2. The van der Waals surface area contributed by atoms with Gasteiger partial charge in [-0.1, -0.05) is 305 Å². The van der Waals surface area contributed by atoms with Gasteiger partial charge in [0.05, 0.1) is 26.4 Å². The summed E-state index contributed by atoms with van der Waals surface area (Å²) in [5, 5.41) is 10.6. The molecule has 528 valence electrons. The molecule has 19 heteroatoms. The van der Waals surface area contributed by atoms with Crippen molar-refractivity contribution >= 4 is 39.5 Å². The average molecular weight is 1310 g/mol. The Bertz CT molecular complexity index is 1740. The summed E-state index contributed by atoms with van der Waals surface area (Å²) in [5.41, 5.74) is 0. The summed E-state index contributed by atoms with van der Waals surface area (Å²) in [4.78, 5) is 72.5. The molecule has 0 saturated carbocycles. The highest BCUT2D eigenvalue weighted by molar-refractivity contribution is 7.47. The van der Waals surface area contributed by atoms with Gasteiger partial charge in [0.1, 0.15) is 19.3 Å². The SMILES string of the molecule is CCCCCCCCCCCCCCCCCCC(=O)O[C@H](COC(=O)CCCCCCCCCCCCC(C)CC)COP(=O)(O)OC[C@@H](O)COP(=O)(O)OC[C@@H](COC(=O)CCCCCCCCCCC)OC(=O)CCCCCCCCCC(C)C. The van der Waals surface area contributed by atoms with E-state index < -0.39 is 97.5 Å². The Kier molecular flexibility index (Phi) is 60.8. The molecule has 3 N–H and O–H groups in total. The fourth-order valence-electron chi connectivity index (χ4n) is 10.6. The van der Waals surface area contributed by atoms with Gasteiger partial charge in [-0.2, -0.15) is 0 Å². The number of aliphatic hydroxyl groups excluding tert-OH is 1. The predicted molar refractivity (Wildman–Crippen MR) is 358 cm³/mol. The van der Waals surface area contributed by atoms with Crippen LogP contribution < -0.4 is 0 Å². The molecule has 0 saturated heterocycles. The summed E-state index contributed by atoms with van der Waals surface area (Å²) in [6, 6.07) is 0. The molecule has 0 radical (unpaired) electrons. The van der Waals surface area contributed by atoms with Crippen LogP contribution in [0.2, 0.25) is 0 Å². The minimum atomic E-state index is -4.95. The van der Waals surface area contributed by atoms with Crippen LogP contribution in [-0.2, 0) is 65.4 Å². The van der Waals surface area contributed by atoms with Gasteiger partial charge in [-0.25, -0.2) is 9.13 Å². The quantitative estimate of drug-likeness (QED) is 0.0222. The predicted octanol–water partition coefficient (Wildman–Crippen LogP) is 20.0. The molecule has 0 aliphatic rings. The normalized spacial score (nSPS) is 14.4. The van der Waals surface area contributed by atoms with Crippen molar-refractivity contribution in [1.29, 1.82) is 0 Å². The van der Waals surface area contributed by atoms with Crippen molar-refractivity contribution in [2.75, 3.05) is 39.6 Å². The first kappa shape index (κ1) is 87.1. The van der Waals surface area contributed by atoms with E-state index in [1.807, 2.05) is 0 Å². The first-order chi connectivity index (χ1) is 42.9. The number of aliphatic hydroxyl groups is 1. The van der Waals surface area contributed by atoms with Crippen LogP contribution in [-0.4, -0.2) is 96.7 Å². The van der Waals surface area contributed by atoms with Gasteiger partial charge in [0.15, 0.2) is 12.2 Å². The number of ether oxygens (including phenoxy) is 4. The molecule has 0 aromatic carbocycles. The van der Waals surface area contributed by atoms with Crippen molar-refractivity contribution in [2.45, 2.75) is 374 Å². The van der Waals surface area contributed by atoms with Gasteiger partial charge in [0.25, 0.3) is 0 Å². The number of rotatable bonds is 69. The molecule has 6 atom stereocenters. The van der Waals surface area contributed by atoms with E-state index >= 15 is 0 Å². The number of hydrogen-bond donors (Lipinski definition) is 3. The number of esters is 4. The maximum absolute atomic E-state index is 13.0. The van der Waals surface area contributed by atoms with Crippen molar-refractivity contribution in [3.05, 3.63) is 0 Å². The van der Waals surface area contributed by atoms with Crippen LogP contribution in [0.15, 0.2) is 0 Å². The monoisotopic (exact) mass is 1310 g/mol. The van der Waals surface area contributed by atoms with Gasteiger partial charge in [-0.05, 0) is 37.5 Å². The third-order valence-corrected chi connectivity index (χ3v) is 18.5. The van der Waals surface area contributed by atoms with Crippen LogP contribution in [0.1, 0.15) is 356 Å². The summed E-state index contributed by atoms with van der Waals surface area (Å²) >= 11 is 0. The van der Waals surface area contributed by atoms with Crippen LogP contribution in [0.25, 0.3) is 0 Å². The minimum Gasteiger partial charge on any atom is -0.462 e. The highest BCUT2D eigenvalue weighted by Gasteiger charge is 2.30. The third-order valence-electron chi connectivity index (χ3n) is 16.6. The minimum absolute atomic E-state index is 0.103. The van der Waals surface area contributed by atoms with Gasteiger partial charge in [-0.15, -0.1) is 0 Å². The van der Waals surface area contributed by atoms with E-state index in [1.165, 1.54) is 173 Å². The topological polar surface area (TPSA) is 237 Å². The molecule has 0 spiro atoms. The highest BCUT2D eigenvalue weighted by Crippen LogP contribution is 2.45. The lowest BCUT2D eigenvalue weighted by atomic mass is 9.99. The first-order valence-electron chi connectivity index (χ1n) is 36.5. The maximum atomic E-state index is 13.0. The van der Waals surface area contributed by atoms with Crippen molar-refractivity contribution in [3.63, 3.8) is 0 Å². The molecule has 0 bridgehead atoms. The van der Waals surface area contributed by atoms with E-state index in [0.29, 0.717) is 31.6 Å². The van der Waals surface area contributed by atoms with E-state index in [1.54, 1.807) is 0 Å². The lowest BCUT2D eigenvalue weighted by molar-refractivity contribution is -0.161. The lowest BCUT2D eigenvalue weighted by Crippen LogP contribution is -2.30. The molecule has 0 fully saturated rings. The third kappa shape index (κ3) is 63.2.